The van der Waals surface area contributed by atoms with Gasteiger partial charge in [0.2, 0.25) is 0 Å². The lowest BCUT2D eigenvalue weighted by Crippen LogP contribution is -2.24. The van der Waals surface area contributed by atoms with Crippen LogP contribution in [0.5, 0.6) is 5.75 Å². The van der Waals surface area contributed by atoms with E-state index in [4.69, 9.17) is 23.8 Å². The molecule has 0 fully saturated rings. The Morgan fingerprint density at radius 2 is 1.81 bits per heavy atom. The smallest absolute Gasteiger partial charge is 0.416 e. The van der Waals surface area contributed by atoms with E-state index in [1.807, 2.05) is 0 Å². The first-order valence-corrected chi connectivity index (χ1v) is 7.95. The molecule has 0 heterocycles. The van der Waals surface area contributed by atoms with Crippen LogP contribution in [0.2, 0.25) is 5.02 Å². The molecule has 0 aliphatic carbocycles. The first kappa shape index (κ1) is 20.8. The third-order valence-corrected chi connectivity index (χ3v) is 3.55. The van der Waals surface area contributed by atoms with Crippen LogP contribution in [0.25, 0.3) is 0 Å². The van der Waals surface area contributed by atoms with E-state index in [9.17, 15) is 22.0 Å². The predicted octanol–water partition coefficient (Wildman–Crippen LogP) is 5.28. The summed E-state index contributed by atoms with van der Waals surface area (Å²) in [5.74, 6) is -0.00788. The summed E-state index contributed by atoms with van der Waals surface area (Å²) in [7, 11) is 0. The molecule has 0 atom stereocenters. The molecule has 144 valence electrons. The summed E-state index contributed by atoms with van der Waals surface area (Å²) >= 11 is 10.8. The van der Waals surface area contributed by atoms with Gasteiger partial charge in [-0.05, 0) is 60.2 Å². The molecule has 0 aromatic heterocycles. The maximum atomic E-state index is 12.7. The van der Waals surface area contributed by atoms with Crippen molar-refractivity contribution in [2.45, 2.75) is 12.8 Å². The van der Waals surface area contributed by atoms with Gasteiger partial charge >= 0.3 is 12.8 Å². The van der Waals surface area contributed by atoms with Crippen molar-refractivity contribution in [3.8, 4) is 5.75 Å². The summed E-state index contributed by atoms with van der Waals surface area (Å²) in [5.41, 5.74) is 2.04. The molecule has 0 radical (unpaired) electrons. The van der Waals surface area contributed by atoms with Crippen LogP contribution in [-0.4, -0.2) is 17.9 Å². The minimum atomic E-state index is -4.52. The number of hydrazone groups is 1. The Labute approximate surface area is 161 Å². The molecular weight excluding hydrogens is 413 g/mol. The molecule has 0 saturated heterocycles. The van der Waals surface area contributed by atoms with Gasteiger partial charge in [-0.25, -0.2) is 0 Å². The highest BCUT2D eigenvalue weighted by atomic mass is 35.5. The van der Waals surface area contributed by atoms with E-state index in [1.165, 1.54) is 30.5 Å². The van der Waals surface area contributed by atoms with Gasteiger partial charge in [-0.2, -0.15) is 27.1 Å². The van der Waals surface area contributed by atoms with Gasteiger partial charge in [-0.1, -0.05) is 11.6 Å². The van der Waals surface area contributed by atoms with Gasteiger partial charge in [-0.3, -0.25) is 5.43 Å². The highest BCUT2D eigenvalue weighted by molar-refractivity contribution is 7.80. The van der Waals surface area contributed by atoms with Crippen LogP contribution in [-0.2, 0) is 6.18 Å². The Kier molecular flexibility index (Phi) is 6.92. The van der Waals surface area contributed by atoms with Crippen LogP contribution in [0, 0.1) is 0 Å². The van der Waals surface area contributed by atoms with Gasteiger partial charge in [0.1, 0.15) is 5.75 Å². The van der Waals surface area contributed by atoms with Crippen molar-refractivity contribution in [1.82, 2.24) is 5.43 Å². The van der Waals surface area contributed by atoms with E-state index in [-0.39, 0.29) is 21.6 Å². The zero-order valence-electron chi connectivity index (χ0n) is 13.2. The van der Waals surface area contributed by atoms with E-state index in [1.54, 1.807) is 0 Å². The van der Waals surface area contributed by atoms with Gasteiger partial charge in [0.15, 0.2) is 5.11 Å². The molecule has 11 heteroatoms. The van der Waals surface area contributed by atoms with Crippen LogP contribution < -0.4 is 15.5 Å². The standard InChI is InChI=1S/C16H11ClF5N3OS/c17-12-6-3-10(16(20,21)22)7-13(12)24-15(27)25-23-8-9-1-4-11(5-2-9)26-14(18)19/h1-8,14H,(H2,24,25,27)/b23-8-. The zero-order valence-corrected chi connectivity index (χ0v) is 14.8. The fourth-order valence-corrected chi connectivity index (χ4v) is 2.18. The Hall–Kier alpha value is -2.46. The number of thiocarbonyl (C=S) groups is 1. The second-order valence-corrected chi connectivity index (χ2v) is 5.78. The molecule has 0 unspecified atom stereocenters. The summed E-state index contributed by atoms with van der Waals surface area (Å²) in [6.07, 6.45) is -3.19. The molecule has 27 heavy (non-hydrogen) atoms. The topological polar surface area (TPSA) is 45.6 Å². The molecule has 2 aromatic rings. The number of ether oxygens (including phenoxy) is 1. The Morgan fingerprint density at radius 3 is 2.41 bits per heavy atom. The van der Waals surface area contributed by atoms with E-state index in [2.05, 4.69) is 20.6 Å². The normalized spacial score (nSPS) is 11.7. The zero-order chi connectivity index (χ0) is 20.0. The van der Waals surface area contributed by atoms with Crippen molar-refractivity contribution in [3.63, 3.8) is 0 Å². The molecule has 0 bridgehead atoms. The van der Waals surface area contributed by atoms with Crippen LogP contribution in [0.4, 0.5) is 27.6 Å². The fraction of sp³-hybridized carbons (Fsp3) is 0.125. The number of nitrogens with zero attached hydrogens (tertiary/aromatic N) is 1. The number of hydrogen-bond donors (Lipinski definition) is 2. The molecule has 2 aromatic carbocycles. The molecular formula is C16H11ClF5N3OS. The number of hydrogen-bond acceptors (Lipinski definition) is 3. The van der Waals surface area contributed by atoms with Crippen molar-refractivity contribution in [1.29, 1.82) is 0 Å². The van der Waals surface area contributed by atoms with Gasteiger partial charge in [0.25, 0.3) is 0 Å². The van der Waals surface area contributed by atoms with Gasteiger partial charge in [0, 0.05) is 0 Å². The number of rotatable bonds is 5. The molecule has 0 aliphatic heterocycles. The van der Waals surface area contributed by atoms with Gasteiger partial charge < -0.3 is 10.1 Å². The lowest BCUT2D eigenvalue weighted by molar-refractivity contribution is -0.137. The minimum absolute atomic E-state index is 0.00788. The first-order chi connectivity index (χ1) is 12.6. The average Bonchev–Trinajstić information content (AvgIpc) is 2.57. The summed E-state index contributed by atoms with van der Waals surface area (Å²) < 4.78 is 66.5. The van der Waals surface area contributed by atoms with Crippen LogP contribution in [0.3, 0.4) is 0 Å². The van der Waals surface area contributed by atoms with Crippen molar-refractivity contribution in [2.24, 2.45) is 5.10 Å². The van der Waals surface area contributed by atoms with Gasteiger partial charge in [0.05, 0.1) is 22.5 Å². The lowest BCUT2D eigenvalue weighted by Gasteiger charge is -2.12. The monoisotopic (exact) mass is 423 g/mol. The van der Waals surface area contributed by atoms with E-state index in [0.29, 0.717) is 5.56 Å². The van der Waals surface area contributed by atoms with Crippen LogP contribution in [0.15, 0.2) is 47.6 Å². The quantitative estimate of drug-likeness (QED) is 0.297. The van der Waals surface area contributed by atoms with Crippen molar-refractivity contribution < 1.29 is 26.7 Å². The third kappa shape index (κ3) is 6.65. The first-order valence-electron chi connectivity index (χ1n) is 7.17. The molecule has 0 spiro atoms. The fourth-order valence-electron chi connectivity index (χ4n) is 1.85. The third-order valence-electron chi connectivity index (χ3n) is 3.03. The molecule has 0 saturated carbocycles. The molecule has 4 nitrogen and oxygen atoms in total. The van der Waals surface area contributed by atoms with E-state index in [0.717, 1.165) is 18.2 Å². The largest absolute Gasteiger partial charge is 0.435 e. The summed E-state index contributed by atoms with van der Waals surface area (Å²) in [4.78, 5) is 0. The number of anilines is 1. The number of benzene rings is 2. The Morgan fingerprint density at radius 1 is 1.15 bits per heavy atom. The van der Waals surface area contributed by atoms with Crippen LogP contribution >= 0.6 is 23.8 Å². The number of halogens is 6. The van der Waals surface area contributed by atoms with Crippen LogP contribution in [0.1, 0.15) is 11.1 Å². The lowest BCUT2D eigenvalue weighted by atomic mass is 10.2. The summed E-state index contributed by atoms with van der Waals surface area (Å²) in [5, 5.41) is 6.26. The number of alkyl halides is 5. The summed E-state index contributed by atoms with van der Waals surface area (Å²) in [6, 6.07) is 8.37. The summed E-state index contributed by atoms with van der Waals surface area (Å²) in [6.45, 7) is -2.92. The molecule has 0 amide bonds. The predicted molar refractivity (Wildman–Crippen MR) is 96.5 cm³/mol. The van der Waals surface area contributed by atoms with E-state index >= 15 is 0 Å². The Bertz CT molecular complexity index is 828. The highest BCUT2D eigenvalue weighted by Crippen LogP contribution is 2.33. The maximum Gasteiger partial charge on any atom is 0.416 e. The molecule has 2 rings (SSSR count). The second kappa shape index (κ2) is 8.96. The van der Waals surface area contributed by atoms with Crippen molar-refractivity contribution in [3.05, 3.63) is 58.6 Å². The number of nitrogens with one attached hydrogen (secondary N) is 2. The highest BCUT2D eigenvalue weighted by Gasteiger charge is 2.31. The second-order valence-electron chi connectivity index (χ2n) is 4.96. The van der Waals surface area contributed by atoms with Crippen molar-refractivity contribution in [2.75, 3.05) is 5.32 Å². The average molecular weight is 424 g/mol. The molecule has 2 N–H and O–H groups in total. The van der Waals surface area contributed by atoms with Crippen molar-refractivity contribution >= 4 is 40.8 Å². The molecule has 0 aliphatic rings. The van der Waals surface area contributed by atoms with E-state index < -0.39 is 18.4 Å². The van der Waals surface area contributed by atoms with Gasteiger partial charge in [-0.15, -0.1) is 0 Å². The SMILES string of the molecule is FC(F)Oc1ccc(/C=N\NC(=S)Nc2cc(C(F)(F)F)ccc2Cl)cc1. The maximum absolute atomic E-state index is 12.7. The minimum Gasteiger partial charge on any atom is -0.435 e. The Balaban J connectivity index is 1.95.